The van der Waals surface area contributed by atoms with Gasteiger partial charge in [-0.1, -0.05) is 25.1 Å². The average Bonchev–Trinajstić information content (AvgIpc) is 3.28. The fourth-order valence-corrected chi connectivity index (χ4v) is 2.27. The number of carbonyl (C=O) groups is 1. The van der Waals surface area contributed by atoms with Crippen LogP contribution >= 0.6 is 0 Å². The van der Waals surface area contributed by atoms with Crippen LogP contribution in [0.25, 0.3) is 0 Å². The van der Waals surface area contributed by atoms with Crippen molar-refractivity contribution in [3.05, 3.63) is 41.3 Å². The Hall–Kier alpha value is -2.58. The van der Waals surface area contributed by atoms with E-state index in [0.29, 0.717) is 31.2 Å². The second-order valence-electron chi connectivity index (χ2n) is 6.91. The van der Waals surface area contributed by atoms with E-state index in [2.05, 4.69) is 10.5 Å². The molecule has 26 heavy (non-hydrogen) atoms. The molecular formula is C18H23N3O5. The largest absolute Gasteiger partial charge is 0.454 e. The fourth-order valence-electron chi connectivity index (χ4n) is 2.27. The molecule has 0 saturated carbocycles. The van der Waals surface area contributed by atoms with Crippen LogP contribution in [-0.2, 0) is 18.0 Å². The minimum absolute atomic E-state index is 0.171. The normalized spacial score (nSPS) is 13.0. The highest BCUT2D eigenvalue weighted by Crippen LogP contribution is 2.32. The monoisotopic (exact) mass is 361 g/mol. The number of amides is 1. The summed E-state index contributed by atoms with van der Waals surface area (Å²) in [6.45, 7) is 5.73. The molecule has 0 unspecified atom stereocenters. The molecule has 0 bridgehead atoms. The minimum Gasteiger partial charge on any atom is -0.454 e. The molecule has 0 aliphatic carbocycles. The number of nitrogens with two attached hydrogens (primary N) is 1. The number of aromatic nitrogens is 1. The van der Waals surface area contributed by atoms with Crippen molar-refractivity contribution < 1.29 is 23.5 Å². The first-order chi connectivity index (χ1) is 12.5. The molecule has 8 heteroatoms. The van der Waals surface area contributed by atoms with Crippen molar-refractivity contribution in [3.63, 3.8) is 0 Å². The number of fused-ring (bicyclic) bond motifs is 1. The molecule has 0 fully saturated rings. The van der Waals surface area contributed by atoms with E-state index in [1.807, 2.05) is 32.0 Å². The van der Waals surface area contributed by atoms with E-state index in [-0.39, 0.29) is 30.4 Å². The number of hydrogen-bond acceptors (Lipinski definition) is 7. The first-order valence-electron chi connectivity index (χ1n) is 8.37. The van der Waals surface area contributed by atoms with Gasteiger partial charge < -0.3 is 29.8 Å². The zero-order chi connectivity index (χ0) is 18.6. The van der Waals surface area contributed by atoms with E-state index in [0.717, 1.165) is 11.3 Å². The van der Waals surface area contributed by atoms with Gasteiger partial charge in [-0.05, 0) is 29.7 Å². The van der Waals surface area contributed by atoms with Crippen LogP contribution in [-0.4, -0.2) is 30.9 Å². The maximum Gasteiger partial charge on any atom is 0.273 e. The molecule has 0 spiro atoms. The van der Waals surface area contributed by atoms with E-state index in [9.17, 15) is 4.79 Å². The van der Waals surface area contributed by atoms with Crippen molar-refractivity contribution >= 4 is 5.91 Å². The molecule has 2 heterocycles. The summed E-state index contributed by atoms with van der Waals surface area (Å²) in [6, 6.07) is 7.21. The summed E-state index contributed by atoms with van der Waals surface area (Å²) in [5.74, 6) is 1.63. The summed E-state index contributed by atoms with van der Waals surface area (Å²) >= 11 is 0. The third-order valence-electron chi connectivity index (χ3n) is 4.02. The predicted octanol–water partition coefficient (Wildman–Crippen LogP) is 1.83. The van der Waals surface area contributed by atoms with Crippen LogP contribution in [0.15, 0.2) is 28.8 Å². The molecule has 140 valence electrons. The summed E-state index contributed by atoms with van der Waals surface area (Å²) in [7, 11) is 0. The van der Waals surface area contributed by atoms with Crippen LogP contribution < -0.4 is 20.5 Å². The lowest BCUT2D eigenvalue weighted by atomic mass is 9.94. The standard InChI is InChI=1S/C18H23N3O5/c1-18(2,9-19)10-20-17(22)14-6-13(26-21-14)8-23-7-12-3-4-15-16(5-12)25-11-24-15/h3-6H,7-11,19H2,1-2H3,(H,20,22). The van der Waals surface area contributed by atoms with E-state index >= 15 is 0 Å². The third kappa shape index (κ3) is 4.53. The number of carbonyl (C=O) groups excluding carboxylic acids is 1. The average molecular weight is 361 g/mol. The van der Waals surface area contributed by atoms with Gasteiger partial charge >= 0.3 is 0 Å². The van der Waals surface area contributed by atoms with Crippen molar-refractivity contribution in [2.24, 2.45) is 11.1 Å². The Kier molecular flexibility index (Phi) is 5.43. The smallest absolute Gasteiger partial charge is 0.273 e. The van der Waals surface area contributed by atoms with Gasteiger partial charge in [0.05, 0.1) is 6.61 Å². The van der Waals surface area contributed by atoms with Gasteiger partial charge in [-0.3, -0.25) is 4.79 Å². The Morgan fingerprint density at radius 3 is 2.88 bits per heavy atom. The second kappa shape index (κ2) is 7.76. The van der Waals surface area contributed by atoms with Gasteiger partial charge in [-0.15, -0.1) is 0 Å². The van der Waals surface area contributed by atoms with Crippen LogP contribution in [0.4, 0.5) is 0 Å². The second-order valence-corrected chi connectivity index (χ2v) is 6.91. The Bertz CT molecular complexity index is 772. The maximum absolute atomic E-state index is 12.1. The highest BCUT2D eigenvalue weighted by molar-refractivity contribution is 5.92. The summed E-state index contributed by atoms with van der Waals surface area (Å²) < 4.78 is 21.4. The molecule has 1 aromatic heterocycles. The van der Waals surface area contributed by atoms with Crippen LogP contribution in [0, 0.1) is 5.41 Å². The topological polar surface area (TPSA) is 109 Å². The third-order valence-corrected chi connectivity index (χ3v) is 4.02. The zero-order valence-electron chi connectivity index (χ0n) is 14.9. The fraction of sp³-hybridized carbons (Fsp3) is 0.444. The van der Waals surface area contributed by atoms with Gasteiger partial charge in [-0.25, -0.2) is 0 Å². The van der Waals surface area contributed by atoms with E-state index in [1.165, 1.54) is 0 Å². The van der Waals surface area contributed by atoms with Crippen LogP contribution in [0.2, 0.25) is 0 Å². The lowest BCUT2D eigenvalue weighted by Gasteiger charge is -2.22. The van der Waals surface area contributed by atoms with E-state index in [1.54, 1.807) is 6.07 Å². The van der Waals surface area contributed by atoms with Gasteiger partial charge in [-0.2, -0.15) is 0 Å². The number of benzene rings is 1. The molecule has 1 aliphatic rings. The van der Waals surface area contributed by atoms with Crippen molar-refractivity contribution in [2.45, 2.75) is 27.1 Å². The molecule has 0 atom stereocenters. The number of nitrogens with one attached hydrogen (secondary N) is 1. The number of ether oxygens (including phenoxy) is 3. The Morgan fingerprint density at radius 2 is 2.08 bits per heavy atom. The zero-order valence-corrected chi connectivity index (χ0v) is 14.9. The molecule has 0 saturated heterocycles. The SMILES string of the molecule is CC(C)(CN)CNC(=O)c1cc(COCc2ccc3c(c2)OCO3)on1. The van der Waals surface area contributed by atoms with Crippen molar-refractivity contribution in [1.29, 1.82) is 0 Å². The Balaban J connectivity index is 1.47. The first-order valence-corrected chi connectivity index (χ1v) is 8.37. The molecule has 0 radical (unpaired) electrons. The Morgan fingerprint density at radius 1 is 1.27 bits per heavy atom. The minimum atomic E-state index is -0.294. The number of nitrogens with zero attached hydrogens (tertiary/aromatic N) is 1. The molecule has 3 N–H and O–H groups in total. The van der Waals surface area contributed by atoms with Crippen LogP contribution in [0.5, 0.6) is 11.5 Å². The van der Waals surface area contributed by atoms with Crippen LogP contribution in [0.3, 0.4) is 0 Å². The summed E-state index contributed by atoms with van der Waals surface area (Å²) in [5.41, 5.74) is 6.66. The quantitative estimate of drug-likeness (QED) is 0.738. The molecular weight excluding hydrogens is 338 g/mol. The van der Waals surface area contributed by atoms with Gasteiger partial charge in [0.25, 0.3) is 5.91 Å². The van der Waals surface area contributed by atoms with Crippen molar-refractivity contribution in [2.75, 3.05) is 19.9 Å². The van der Waals surface area contributed by atoms with E-state index in [4.69, 9.17) is 24.5 Å². The highest BCUT2D eigenvalue weighted by atomic mass is 16.7. The molecule has 1 aromatic carbocycles. The predicted molar refractivity (Wildman–Crippen MR) is 92.7 cm³/mol. The molecule has 2 aromatic rings. The Labute approximate surface area is 151 Å². The molecule has 3 rings (SSSR count). The highest BCUT2D eigenvalue weighted by Gasteiger charge is 2.19. The first kappa shape index (κ1) is 18.2. The van der Waals surface area contributed by atoms with Gasteiger partial charge in [0.2, 0.25) is 6.79 Å². The molecule has 1 aliphatic heterocycles. The lowest BCUT2D eigenvalue weighted by molar-refractivity contribution is 0.0875. The van der Waals surface area contributed by atoms with Gasteiger partial charge in [0, 0.05) is 12.6 Å². The summed E-state index contributed by atoms with van der Waals surface area (Å²) in [6.07, 6.45) is 0. The maximum atomic E-state index is 12.1. The summed E-state index contributed by atoms with van der Waals surface area (Å²) in [5, 5.41) is 6.58. The van der Waals surface area contributed by atoms with Gasteiger partial charge in [0.15, 0.2) is 23.0 Å². The van der Waals surface area contributed by atoms with Gasteiger partial charge in [0.1, 0.15) is 6.61 Å². The number of rotatable bonds is 8. The summed E-state index contributed by atoms with van der Waals surface area (Å²) in [4.78, 5) is 12.1. The van der Waals surface area contributed by atoms with E-state index < -0.39 is 0 Å². The lowest BCUT2D eigenvalue weighted by Crippen LogP contribution is -2.38. The molecule has 1 amide bonds. The number of hydrogen-bond donors (Lipinski definition) is 2. The van der Waals surface area contributed by atoms with Crippen molar-refractivity contribution in [1.82, 2.24) is 10.5 Å². The van der Waals surface area contributed by atoms with Crippen LogP contribution in [0.1, 0.15) is 35.7 Å². The molecule has 8 nitrogen and oxygen atoms in total. The van der Waals surface area contributed by atoms with Crippen molar-refractivity contribution in [3.8, 4) is 11.5 Å².